The summed E-state index contributed by atoms with van der Waals surface area (Å²) < 4.78 is -0.588. The van der Waals surface area contributed by atoms with E-state index in [0.29, 0.717) is 13.0 Å². The number of thioether (sulfide) groups is 1. The largest absolute Gasteiger partial charge is 0.396 e. The van der Waals surface area contributed by atoms with Crippen molar-refractivity contribution in [3.05, 3.63) is 29.3 Å². The SMILES string of the molecule is CNC(=O)[C@@H]1[C@H]2C(=O)N(CCCO)C(C(=O)Nc3c(C)cccc3C)C23CC[C@H]1S3. The molecule has 3 N–H and O–H groups in total. The molecule has 3 saturated heterocycles. The number of amides is 3. The highest BCUT2D eigenvalue weighted by Gasteiger charge is 2.73. The Hall–Kier alpha value is -2.06. The maximum Gasteiger partial charge on any atom is 0.248 e. The Bertz CT molecular complexity index is 871. The van der Waals surface area contributed by atoms with Crippen LogP contribution >= 0.6 is 11.8 Å². The summed E-state index contributed by atoms with van der Waals surface area (Å²) in [4.78, 5) is 41.4. The van der Waals surface area contributed by atoms with Gasteiger partial charge in [-0.15, -0.1) is 11.8 Å². The summed E-state index contributed by atoms with van der Waals surface area (Å²) in [6.07, 6.45) is 1.97. The van der Waals surface area contributed by atoms with Gasteiger partial charge in [-0.3, -0.25) is 14.4 Å². The van der Waals surface area contributed by atoms with Crippen molar-refractivity contribution >= 4 is 35.2 Å². The highest BCUT2D eigenvalue weighted by Crippen LogP contribution is 2.66. The lowest BCUT2D eigenvalue weighted by molar-refractivity contribution is -0.139. The van der Waals surface area contributed by atoms with Crippen LogP contribution in [0.4, 0.5) is 5.69 Å². The zero-order valence-electron chi connectivity index (χ0n) is 17.6. The molecule has 162 valence electrons. The van der Waals surface area contributed by atoms with E-state index in [1.807, 2.05) is 32.0 Å². The van der Waals surface area contributed by atoms with E-state index in [9.17, 15) is 19.5 Å². The molecule has 3 heterocycles. The van der Waals surface area contributed by atoms with Gasteiger partial charge in [0.25, 0.3) is 0 Å². The number of aryl methyl sites for hydroxylation is 2. The highest BCUT2D eigenvalue weighted by molar-refractivity contribution is 8.02. The number of benzene rings is 1. The van der Waals surface area contributed by atoms with Crippen molar-refractivity contribution in [1.29, 1.82) is 0 Å². The number of anilines is 1. The van der Waals surface area contributed by atoms with E-state index in [2.05, 4.69) is 10.6 Å². The van der Waals surface area contributed by atoms with Crippen LogP contribution in [-0.2, 0) is 14.4 Å². The van der Waals surface area contributed by atoms with Crippen LogP contribution in [0.1, 0.15) is 30.4 Å². The van der Waals surface area contributed by atoms with Crippen LogP contribution in [-0.4, -0.2) is 64.0 Å². The van der Waals surface area contributed by atoms with Crippen molar-refractivity contribution in [3.8, 4) is 0 Å². The second-order valence-corrected chi connectivity index (χ2v) is 10.1. The lowest BCUT2D eigenvalue weighted by atomic mass is 9.70. The van der Waals surface area contributed by atoms with Crippen molar-refractivity contribution in [2.45, 2.75) is 49.1 Å². The number of fused-ring (bicyclic) bond motifs is 1. The fraction of sp³-hybridized carbons (Fsp3) is 0.591. The number of likely N-dealkylation sites (tertiary alicyclic amines) is 1. The molecule has 0 saturated carbocycles. The monoisotopic (exact) mass is 431 g/mol. The Morgan fingerprint density at radius 1 is 1.27 bits per heavy atom. The first-order valence-electron chi connectivity index (χ1n) is 10.5. The third-order valence-electron chi connectivity index (χ3n) is 6.88. The summed E-state index contributed by atoms with van der Waals surface area (Å²) in [7, 11) is 1.60. The number of nitrogens with zero attached hydrogens (tertiary/aromatic N) is 1. The highest BCUT2D eigenvalue weighted by atomic mass is 32.2. The molecule has 1 aromatic carbocycles. The number of aliphatic hydroxyl groups excluding tert-OH is 1. The van der Waals surface area contributed by atoms with Gasteiger partial charge in [0, 0.05) is 31.1 Å². The topological polar surface area (TPSA) is 98.7 Å². The molecule has 30 heavy (non-hydrogen) atoms. The van der Waals surface area contributed by atoms with Gasteiger partial charge in [-0.05, 0) is 44.2 Å². The Kier molecular flexibility index (Phi) is 5.57. The molecule has 7 nitrogen and oxygen atoms in total. The van der Waals surface area contributed by atoms with Gasteiger partial charge in [0.2, 0.25) is 17.7 Å². The van der Waals surface area contributed by atoms with E-state index >= 15 is 0 Å². The second kappa shape index (κ2) is 7.89. The standard InChI is InChI=1S/C22H29N3O4S/c1-12-6-4-7-13(2)17(12)24-20(28)18-22-9-8-14(30-22)15(19(27)23-3)16(22)21(29)25(18)10-5-11-26/h4,6-7,14-16,18,26H,5,8-11H2,1-3H3,(H,23,27)(H,24,28)/t14-,15+,16+,18?,22?/m1/s1. The van der Waals surface area contributed by atoms with Gasteiger partial charge in [-0.2, -0.15) is 0 Å². The minimum Gasteiger partial charge on any atom is -0.396 e. The minimum absolute atomic E-state index is 0.0542. The number of rotatable bonds is 6. The van der Waals surface area contributed by atoms with Crippen LogP contribution in [0.25, 0.3) is 0 Å². The molecule has 0 aliphatic carbocycles. The molecule has 3 aliphatic rings. The molecule has 0 radical (unpaired) electrons. The van der Waals surface area contributed by atoms with E-state index in [1.54, 1.807) is 23.7 Å². The van der Waals surface area contributed by atoms with Gasteiger partial charge in [-0.1, -0.05) is 18.2 Å². The summed E-state index contributed by atoms with van der Waals surface area (Å²) in [6.45, 7) is 4.15. The van der Waals surface area contributed by atoms with E-state index in [4.69, 9.17) is 0 Å². The van der Waals surface area contributed by atoms with Crippen LogP contribution in [0.2, 0.25) is 0 Å². The molecule has 0 aromatic heterocycles. The van der Waals surface area contributed by atoms with Crippen molar-refractivity contribution in [3.63, 3.8) is 0 Å². The molecule has 1 spiro atoms. The predicted molar refractivity (Wildman–Crippen MR) is 116 cm³/mol. The second-order valence-electron chi connectivity index (χ2n) is 8.54. The van der Waals surface area contributed by atoms with Crippen molar-refractivity contribution in [2.24, 2.45) is 11.8 Å². The summed E-state index contributed by atoms with van der Waals surface area (Å²) in [5.41, 5.74) is 2.71. The van der Waals surface area contributed by atoms with Gasteiger partial charge in [0.05, 0.1) is 16.6 Å². The average molecular weight is 432 g/mol. The van der Waals surface area contributed by atoms with Crippen LogP contribution in [0.5, 0.6) is 0 Å². The van der Waals surface area contributed by atoms with Crippen molar-refractivity contribution < 1.29 is 19.5 Å². The number of carbonyl (C=O) groups excluding carboxylic acids is 3. The molecule has 2 bridgehead atoms. The van der Waals surface area contributed by atoms with Crippen LogP contribution in [0, 0.1) is 25.7 Å². The Morgan fingerprint density at radius 3 is 2.60 bits per heavy atom. The first kappa shape index (κ1) is 21.2. The van der Waals surface area contributed by atoms with Gasteiger partial charge >= 0.3 is 0 Å². The minimum atomic E-state index is -0.648. The van der Waals surface area contributed by atoms with Gasteiger partial charge in [0.1, 0.15) is 6.04 Å². The number of hydrogen-bond acceptors (Lipinski definition) is 5. The van der Waals surface area contributed by atoms with Crippen LogP contribution in [0.3, 0.4) is 0 Å². The smallest absolute Gasteiger partial charge is 0.248 e. The normalized spacial score (nSPS) is 31.7. The number of para-hydroxylation sites is 1. The zero-order chi connectivity index (χ0) is 21.6. The molecule has 8 heteroatoms. The number of carbonyl (C=O) groups is 3. The molecule has 2 unspecified atom stereocenters. The fourth-order valence-electron chi connectivity index (χ4n) is 5.61. The summed E-state index contributed by atoms with van der Waals surface area (Å²) in [5, 5.41) is 15.2. The van der Waals surface area contributed by atoms with E-state index in [1.165, 1.54) is 0 Å². The van der Waals surface area contributed by atoms with Gasteiger partial charge in [0.15, 0.2) is 0 Å². The summed E-state index contributed by atoms with van der Waals surface area (Å²) in [5.74, 6) is -1.35. The molecule has 4 rings (SSSR count). The van der Waals surface area contributed by atoms with E-state index < -0.39 is 22.6 Å². The van der Waals surface area contributed by atoms with Crippen molar-refractivity contribution in [2.75, 3.05) is 25.5 Å². The van der Waals surface area contributed by atoms with Gasteiger partial charge < -0.3 is 20.6 Å². The number of hydrogen-bond donors (Lipinski definition) is 3. The third-order valence-corrected chi connectivity index (χ3v) is 8.84. The average Bonchev–Trinajstić information content (AvgIpc) is 3.36. The lowest BCUT2D eigenvalue weighted by Crippen LogP contribution is -2.52. The molecular formula is C22H29N3O4S. The maximum atomic E-state index is 13.6. The molecular weight excluding hydrogens is 402 g/mol. The van der Waals surface area contributed by atoms with Gasteiger partial charge in [-0.25, -0.2) is 0 Å². The Balaban J connectivity index is 1.72. The van der Waals surface area contributed by atoms with E-state index in [0.717, 1.165) is 29.7 Å². The number of nitrogens with one attached hydrogen (secondary N) is 2. The Labute approximate surface area is 181 Å². The maximum absolute atomic E-state index is 13.6. The Morgan fingerprint density at radius 2 is 1.97 bits per heavy atom. The lowest BCUT2D eigenvalue weighted by Gasteiger charge is -2.34. The summed E-state index contributed by atoms with van der Waals surface area (Å²) >= 11 is 1.65. The molecule has 1 aromatic rings. The summed E-state index contributed by atoms with van der Waals surface area (Å²) in [6, 6.07) is 5.20. The molecule has 3 fully saturated rings. The molecule has 3 amide bonds. The molecule has 3 aliphatic heterocycles. The quantitative estimate of drug-likeness (QED) is 0.633. The predicted octanol–water partition coefficient (Wildman–Crippen LogP) is 1.46. The molecule has 5 atom stereocenters. The van der Waals surface area contributed by atoms with Crippen LogP contribution < -0.4 is 10.6 Å². The number of aliphatic hydroxyl groups is 1. The fourth-order valence-corrected chi connectivity index (χ4v) is 7.82. The zero-order valence-corrected chi connectivity index (χ0v) is 18.4. The van der Waals surface area contributed by atoms with Crippen LogP contribution in [0.15, 0.2) is 18.2 Å². The first-order valence-corrected chi connectivity index (χ1v) is 11.4. The first-order chi connectivity index (χ1) is 14.4. The third kappa shape index (κ3) is 3.03. The van der Waals surface area contributed by atoms with E-state index in [-0.39, 0.29) is 29.6 Å². The van der Waals surface area contributed by atoms with Crippen molar-refractivity contribution in [1.82, 2.24) is 10.2 Å².